The zero-order chi connectivity index (χ0) is 18.7. The molecule has 0 spiro atoms. The Morgan fingerprint density at radius 1 is 1.04 bits per heavy atom. The van der Waals surface area contributed by atoms with E-state index in [0.29, 0.717) is 5.92 Å². The molecule has 0 bridgehead atoms. The molecule has 25 heavy (non-hydrogen) atoms. The first kappa shape index (κ1) is 19.0. The number of likely N-dealkylation sites (tertiary alicyclic amines) is 1. The molecule has 0 aromatic rings. The summed E-state index contributed by atoms with van der Waals surface area (Å²) in [5.74, 6) is 0.656. The summed E-state index contributed by atoms with van der Waals surface area (Å²) in [6.45, 7) is 15.6. The maximum Gasteiger partial charge on any atom is 0.464 e. The van der Waals surface area contributed by atoms with Gasteiger partial charge in [0.05, 0.1) is 11.2 Å². The van der Waals surface area contributed by atoms with E-state index in [0.717, 1.165) is 25.9 Å². The van der Waals surface area contributed by atoms with Gasteiger partial charge in [-0.3, -0.25) is 0 Å². The maximum atomic E-state index is 12.4. The van der Waals surface area contributed by atoms with Crippen molar-refractivity contribution in [3.8, 4) is 0 Å². The molecule has 0 atom stereocenters. The lowest BCUT2D eigenvalue weighted by atomic mass is 9.50. The molecular formula is C19H34BNO4. The summed E-state index contributed by atoms with van der Waals surface area (Å²) in [6, 6.07) is 0. The summed E-state index contributed by atoms with van der Waals surface area (Å²) in [5, 5.41) is 0.0313. The molecule has 0 aromatic heterocycles. The minimum Gasteiger partial charge on any atom is -0.444 e. The summed E-state index contributed by atoms with van der Waals surface area (Å²) < 4.78 is 18.4. The number of hydrogen-bond donors (Lipinski definition) is 0. The normalized spacial score (nSPS) is 28.1. The van der Waals surface area contributed by atoms with Crippen LogP contribution in [0.4, 0.5) is 4.79 Å². The lowest BCUT2D eigenvalue weighted by molar-refractivity contribution is 0.00578. The van der Waals surface area contributed by atoms with Crippen molar-refractivity contribution in [3.05, 3.63) is 0 Å². The molecular weight excluding hydrogens is 317 g/mol. The number of rotatable bonds is 2. The van der Waals surface area contributed by atoms with Crippen LogP contribution >= 0.6 is 0 Å². The van der Waals surface area contributed by atoms with Gasteiger partial charge in [-0.25, -0.2) is 4.79 Å². The van der Waals surface area contributed by atoms with Crippen LogP contribution in [0.2, 0.25) is 5.31 Å². The zero-order valence-corrected chi connectivity index (χ0v) is 17.0. The standard InChI is InChI=1S/C19H34BNO4/c1-16(2,3)23-15(22)21-12-10-19(11-13-21,14-8-9-14)20-24-17(4,5)18(6,7)25-20/h14H,8-13H2,1-7H3. The quantitative estimate of drug-likeness (QED) is 0.698. The molecule has 3 aliphatic rings. The van der Waals surface area contributed by atoms with Gasteiger partial charge in [-0.1, -0.05) is 12.8 Å². The molecule has 3 fully saturated rings. The molecule has 2 aliphatic heterocycles. The molecule has 0 N–H and O–H groups in total. The Morgan fingerprint density at radius 2 is 1.52 bits per heavy atom. The Hall–Kier alpha value is -0.745. The monoisotopic (exact) mass is 351 g/mol. The largest absolute Gasteiger partial charge is 0.464 e. The van der Waals surface area contributed by atoms with Crippen molar-refractivity contribution < 1.29 is 18.8 Å². The predicted octanol–water partition coefficient (Wildman–Crippen LogP) is 4.26. The summed E-state index contributed by atoms with van der Waals surface area (Å²) in [4.78, 5) is 14.2. The van der Waals surface area contributed by atoms with E-state index in [-0.39, 0.29) is 29.7 Å². The molecule has 0 aromatic carbocycles. The number of ether oxygens (including phenoxy) is 1. The van der Waals surface area contributed by atoms with Crippen molar-refractivity contribution in [2.75, 3.05) is 13.1 Å². The van der Waals surface area contributed by atoms with Crippen molar-refractivity contribution >= 4 is 13.2 Å². The van der Waals surface area contributed by atoms with Gasteiger partial charge in [0, 0.05) is 18.4 Å². The van der Waals surface area contributed by atoms with Gasteiger partial charge in [-0.15, -0.1) is 0 Å². The third kappa shape index (κ3) is 3.57. The highest BCUT2D eigenvalue weighted by molar-refractivity contribution is 6.50. The zero-order valence-electron chi connectivity index (χ0n) is 17.0. The lowest BCUT2D eigenvalue weighted by Gasteiger charge is -2.43. The highest BCUT2D eigenvalue weighted by atomic mass is 16.7. The lowest BCUT2D eigenvalue weighted by Crippen LogP contribution is -2.49. The SMILES string of the molecule is CC(C)(C)OC(=O)N1CCC(B2OC(C)(C)C(C)(C)O2)(C2CC2)CC1. The van der Waals surface area contributed by atoms with Gasteiger partial charge in [-0.05, 0) is 67.2 Å². The summed E-state index contributed by atoms with van der Waals surface area (Å²) >= 11 is 0. The molecule has 142 valence electrons. The van der Waals surface area contributed by atoms with Crippen LogP contribution in [0.15, 0.2) is 0 Å². The molecule has 6 heteroatoms. The Morgan fingerprint density at radius 3 is 1.92 bits per heavy atom. The molecule has 1 saturated carbocycles. The van der Waals surface area contributed by atoms with E-state index < -0.39 is 5.60 Å². The Labute approximate surface area is 152 Å². The first-order valence-electron chi connectivity index (χ1n) is 9.70. The highest BCUT2D eigenvalue weighted by Crippen LogP contribution is 2.62. The fourth-order valence-electron chi connectivity index (χ4n) is 4.00. The first-order valence-corrected chi connectivity index (χ1v) is 9.70. The van der Waals surface area contributed by atoms with Crippen LogP contribution in [0.3, 0.4) is 0 Å². The fourth-order valence-corrected chi connectivity index (χ4v) is 4.00. The number of carbonyl (C=O) groups excluding carboxylic acids is 1. The molecule has 1 aliphatic carbocycles. The van der Waals surface area contributed by atoms with Crippen LogP contribution in [0.5, 0.6) is 0 Å². The third-order valence-electron chi connectivity index (χ3n) is 6.46. The van der Waals surface area contributed by atoms with Crippen LogP contribution in [-0.2, 0) is 14.0 Å². The molecule has 1 amide bonds. The Bertz CT molecular complexity index is 512. The molecule has 3 rings (SSSR count). The number of nitrogens with zero attached hydrogens (tertiary/aromatic N) is 1. The maximum absolute atomic E-state index is 12.4. The van der Waals surface area contributed by atoms with E-state index >= 15 is 0 Å². The van der Waals surface area contributed by atoms with Gasteiger partial charge in [0.25, 0.3) is 0 Å². The molecule has 2 saturated heterocycles. The summed E-state index contributed by atoms with van der Waals surface area (Å²) in [5.41, 5.74) is -1.06. The van der Waals surface area contributed by atoms with Crippen molar-refractivity contribution in [1.82, 2.24) is 4.90 Å². The molecule has 0 radical (unpaired) electrons. The van der Waals surface area contributed by atoms with E-state index in [1.807, 2.05) is 25.7 Å². The molecule has 0 unspecified atom stereocenters. The number of piperidine rings is 1. The van der Waals surface area contributed by atoms with Crippen molar-refractivity contribution in [2.45, 2.75) is 96.3 Å². The Kier molecular flexibility index (Phi) is 4.48. The van der Waals surface area contributed by atoms with Crippen LogP contribution < -0.4 is 0 Å². The number of hydrogen-bond acceptors (Lipinski definition) is 4. The van der Waals surface area contributed by atoms with Crippen LogP contribution in [0, 0.1) is 5.92 Å². The second kappa shape index (κ2) is 5.88. The second-order valence-electron chi connectivity index (χ2n) is 10.1. The Balaban J connectivity index is 1.70. The van der Waals surface area contributed by atoms with Crippen LogP contribution in [0.25, 0.3) is 0 Å². The van der Waals surface area contributed by atoms with Crippen LogP contribution in [0.1, 0.15) is 74.1 Å². The van der Waals surface area contributed by atoms with Gasteiger partial charge in [0.15, 0.2) is 0 Å². The average Bonchev–Trinajstić information content (AvgIpc) is 3.26. The minimum atomic E-state index is -0.451. The fraction of sp³-hybridized carbons (Fsp3) is 0.947. The first-order chi connectivity index (χ1) is 11.4. The van der Waals surface area contributed by atoms with Gasteiger partial charge in [0.1, 0.15) is 5.60 Å². The third-order valence-corrected chi connectivity index (χ3v) is 6.46. The summed E-state index contributed by atoms with van der Waals surface area (Å²) in [6.07, 6.45) is 4.14. The van der Waals surface area contributed by atoms with Crippen LogP contribution in [-0.4, -0.2) is 48.0 Å². The molecule has 2 heterocycles. The van der Waals surface area contributed by atoms with E-state index in [2.05, 4.69) is 27.7 Å². The van der Waals surface area contributed by atoms with E-state index in [1.54, 1.807) is 0 Å². The number of carbonyl (C=O) groups is 1. The predicted molar refractivity (Wildman–Crippen MR) is 98.5 cm³/mol. The van der Waals surface area contributed by atoms with Gasteiger partial charge < -0.3 is 18.9 Å². The van der Waals surface area contributed by atoms with Crippen molar-refractivity contribution in [2.24, 2.45) is 5.92 Å². The second-order valence-corrected chi connectivity index (χ2v) is 10.1. The average molecular weight is 351 g/mol. The van der Waals surface area contributed by atoms with E-state index in [1.165, 1.54) is 12.8 Å². The van der Waals surface area contributed by atoms with Gasteiger partial charge >= 0.3 is 13.2 Å². The minimum absolute atomic E-state index is 0.0313. The van der Waals surface area contributed by atoms with Gasteiger partial charge in [-0.2, -0.15) is 0 Å². The number of amides is 1. The highest BCUT2D eigenvalue weighted by Gasteiger charge is 2.64. The van der Waals surface area contributed by atoms with Gasteiger partial charge in [0.2, 0.25) is 0 Å². The van der Waals surface area contributed by atoms with Crippen molar-refractivity contribution in [3.63, 3.8) is 0 Å². The van der Waals surface area contributed by atoms with Crippen molar-refractivity contribution in [1.29, 1.82) is 0 Å². The smallest absolute Gasteiger partial charge is 0.444 e. The van der Waals surface area contributed by atoms with E-state index in [9.17, 15) is 4.79 Å². The molecule has 5 nitrogen and oxygen atoms in total. The summed E-state index contributed by atoms with van der Waals surface area (Å²) in [7, 11) is -0.175. The topological polar surface area (TPSA) is 48.0 Å². The van der Waals surface area contributed by atoms with E-state index in [4.69, 9.17) is 14.0 Å².